The second kappa shape index (κ2) is 5.27. The molecule has 0 unspecified atom stereocenters. The predicted molar refractivity (Wildman–Crippen MR) is 66.9 cm³/mol. The summed E-state index contributed by atoms with van der Waals surface area (Å²) in [6.07, 6.45) is 0. The van der Waals surface area contributed by atoms with Crippen LogP contribution in [-0.4, -0.2) is 15.1 Å². The van der Waals surface area contributed by atoms with Gasteiger partial charge in [-0.15, -0.1) is 10.2 Å². The molecule has 0 atom stereocenters. The molecule has 1 aromatic heterocycles. The van der Waals surface area contributed by atoms with Gasteiger partial charge in [0.25, 0.3) is 5.69 Å². The van der Waals surface area contributed by atoms with E-state index in [1.165, 1.54) is 18.2 Å². The summed E-state index contributed by atoms with van der Waals surface area (Å²) in [5.41, 5.74) is 5.21. The van der Waals surface area contributed by atoms with Crippen LogP contribution in [0.4, 0.5) is 15.2 Å². The Kier molecular flexibility index (Phi) is 3.72. The van der Waals surface area contributed by atoms with Gasteiger partial charge < -0.3 is 5.73 Å². The fraction of sp³-hybridized carbons (Fsp3) is 0.111. The van der Waals surface area contributed by atoms with Gasteiger partial charge in [0, 0.05) is 11.8 Å². The highest BCUT2D eigenvalue weighted by Crippen LogP contribution is 2.31. The second-order valence-electron chi connectivity index (χ2n) is 3.19. The first kappa shape index (κ1) is 12.7. The van der Waals surface area contributed by atoms with Crippen molar-refractivity contribution in [2.45, 2.75) is 10.1 Å². The Balaban J connectivity index is 2.20. The summed E-state index contributed by atoms with van der Waals surface area (Å²) in [5, 5.41) is 18.4. The number of anilines is 1. The lowest BCUT2D eigenvalue weighted by Gasteiger charge is -2.02. The van der Waals surface area contributed by atoms with Crippen molar-refractivity contribution < 1.29 is 9.31 Å². The van der Waals surface area contributed by atoms with Crippen LogP contribution < -0.4 is 5.73 Å². The molecule has 0 amide bonds. The lowest BCUT2D eigenvalue weighted by atomic mass is 10.2. The number of nitrogen functional groups attached to an aromatic ring is 1. The molecule has 2 aromatic rings. The quantitative estimate of drug-likeness (QED) is 0.527. The van der Waals surface area contributed by atoms with Gasteiger partial charge in [-0.3, -0.25) is 10.1 Å². The normalized spacial score (nSPS) is 10.5. The molecule has 0 fully saturated rings. The Morgan fingerprint density at radius 3 is 2.89 bits per heavy atom. The number of nitro benzene ring substituents is 1. The van der Waals surface area contributed by atoms with Crippen molar-refractivity contribution >= 4 is 33.9 Å². The van der Waals surface area contributed by atoms with E-state index >= 15 is 0 Å². The summed E-state index contributed by atoms with van der Waals surface area (Å²) in [7, 11) is 0. The minimum Gasteiger partial charge on any atom is -0.374 e. The van der Waals surface area contributed by atoms with E-state index in [0.29, 0.717) is 9.47 Å². The molecule has 2 rings (SSSR count). The van der Waals surface area contributed by atoms with E-state index in [1.807, 2.05) is 0 Å². The van der Waals surface area contributed by atoms with Gasteiger partial charge in [0.1, 0.15) is 5.82 Å². The topological polar surface area (TPSA) is 94.9 Å². The molecule has 0 radical (unpaired) electrons. The summed E-state index contributed by atoms with van der Waals surface area (Å²) in [6.45, 7) is 0. The van der Waals surface area contributed by atoms with Crippen LogP contribution in [0.1, 0.15) is 5.56 Å². The lowest BCUT2D eigenvalue weighted by molar-refractivity contribution is -0.385. The number of nitrogens with zero attached hydrogens (tertiary/aromatic N) is 3. The van der Waals surface area contributed by atoms with Crippen molar-refractivity contribution in [2.75, 3.05) is 5.73 Å². The molecule has 2 N–H and O–H groups in total. The van der Waals surface area contributed by atoms with Gasteiger partial charge in [-0.1, -0.05) is 29.2 Å². The van der Waals surface area contributed by atoms with Gasteiger partial charge in [0.05, 0.1) is 10.5 Å². The minimum atomic E-state index is -0.604. The Bertz CT molecular complexity index is 590. The molecule has 0 spiro atoms. The number of nitro groups is 1. The number of halogens is 1. The molecule has 0 aliphatic heterocycles. The molecule has 0 saturated carbocycles. The molecule has 94 valence electrons. The first-order valence-electron chi connectivity index (χ1n) is 4.71. The Labute approximate surface area is 109 Å². The predicted octanol–water partition coefficient (Wildman–Crippen LogP) is 2.46. The van der Waals surface area contributed by atoms with Crippen molar-refractivity contribution in [1.82, 2.24) is 10.2 Å². The van der Waals surface area contributed by atoms with Crippen LogP contribution in [0, 0.1) is 15.9 Å². The van der Waals surface area contributed by atoms with E-state index in [-0.39, 0.29) is 17.0 Å². The number of aromatic nitrogens is 2. The van der Waals surface area contributed by atoms with Crippen molar-refractivity contribution in [1.29, 1.82) is 0 Å². The standard InChI is InChI=1S/C9H7FN4O2S2/c10-6-2-1-3-7(14(15)16)5(6)4-17-9-13-12-8(11)18-9/h1-3H,4H2,(H2,11,12). The van der Waals surface area contributed by atoms with Gasteiger partial charge in [-0.05, 0) is 6.07 Å². The zero-order valence-corrected chi connectivity index (χ0v) is 10.5. The average Bonchev–Trinajstić information content (AvgIpc) is 2.73. The van der Waals surface area contributed by atoms with Crippen LogP contribution in [0.3, 0.4) is 0 Å². The maximum Gasteiger partial charge on any atom is 0.276 e. The van der Waals surface area contributed by atoms with E-state index in [1.54, 1.807) is 0 Å². The second-order valence-corrected chi connectivity index (χ2v) is 5.42. The molecule has 0 bridgehead atoms. The van der Waals surface area contributed by atoms with Crippen LogP contribution in [0.5, 0.6) is 0 Å². The van der Waals surface area contributed by atoms with Crippen LogP contribution in [0.25, 0.3) is 0 Å². The smallest absolute Gasteiger partial charge is 0.276 e. The largest absolute Gasteiger partial charge is 0.374 e. The fourth-order valence-electron chi connectivity index (χ4n) is 1.27. The van der Waals surface area contributed by atoms with Crippen molar-refractivity contribution in [3.63, 3.8) is 0 Å². The van der Waals surface area contributed by atoms with Crippen molar-refractivity contribution in [2.24, 2.45) is 0 Å². The fourth-order valence-corrected chi connectivity index (χ4v) is 2.94. The third-order valence-electron chi connectivity index (χ3n) is 2.05. The van der Waals surface area contributed by atoms with Crippen LogP contribution in [-0.2, 0) is 5.75 Å². The highest BCUT2D eigenvalue weighted by Gasteiger charge is 2.18. The van der Waals surface area contributed by atoms with Gasteiger partial charge >= 0.3 is 0 Å². The zero-order valence-electron chi connectivity index (χ0n) is 8.87. The number of benzene rings is 1. The summed E-state index contributed by atoms with van der Waals surface area (Å²) in [5.74, 6) is -0.494. The minimum absolute atomic E-state index is 0.0428. The lowest BCUT2D eigenvalue weighted by Crippen LogP contribution is -1.97. The Morgan fingerprint density at radius 2 is 2.28 bits per heavy atom. The van der Waals surface area contributed by atoms with E-state index in [2.05, 4.69) is 10.2 Å². The summed E-state index contributed by atoms with van der Waals surface area (Å²) in [4.78, 5) is 10.2. The van der Waals surface area contributed by atoms with Gasteiger partial charge in [0.2, 0.25) is 5.13 Å². The monoisotopic (exact) mass is 286 g/mol. The third-order valence-corrected chi connectivity index (χ3v) is 3.97. The SMILES string of the molecule is Nc1nnc(SCc2c(F)cccc2[N+](=O)[O-])s1. The number of hydrogen-bond donors (Lipinski definition) is 1. The molecule has 0 saturated heterocycles. The summed E-state index contributed by atoms with van der Waals surface area (Å²) >= 11 is 2.31. The van der Waals surface area contributed by atoms with E-state index in [0.717, 1.165) is 23.1 Å². The van der Waals surface area contributed by atoms with Gasteiger partial charge in [-0.2, -0.15) is 0 Å². The molecule has 9 heteroatoms. The van der Waals surface area contributed by atoms with Crippen LogP contribution in [0.15, 0.2) is 22.5 Å². The molecule has 0 aliphatic carbocycles. The van der Waals surface area contributed by atoms with Crippen molar-refractivity contribution in [3.05, 3.63) is 39.7 Å². The summed E-state index contributed by atoms with van der Waals surface area (Å²) in [6, 6.07) is 3.77. The highest BCUT2D eigenvalue weighted by molar-refractivity contribution is 8.00. The molecule has 1 heterocycles. The Hall–Kier alpha value is -1.74. The molecular weight excluding hydrogens is 279 g/mol. The molecular formula is C9H7FN4O2S2. The van der Waals surface area contributed by atoms with Gasteiger partial charge in [-0.25, -0.2) is 4.39 Å². The first-order valence-corrected chi connectivity index (χ1v) is 6.51. The van der Waals surface area contributed by atoms with Crippen LogP contribution >= 0.6 is 23.1 Å². The zero-order chi connectivity index (χ0) is 13.1. The summed E-state index contributed by atoms with van der Waals surface area (Å²) < 4.78 is 14.1. The van der Waals surface area contributed by atoms with Crippen molar-refractivity contribution in [3.8, 4) is 0 Å². The third kappa shape index (κ3) is 2.74. The van der Waals surface area contributed by atoms with Gasteiger partial charge in [0.15, 0.2) is 4.34 Å². The number of hydrogen-bond acceptors (Lipinski definition) is 7. The van der Waals surface area contributed by atoms with E-state index < -0.39 is 10.7 Å². The van der Waals surface area contributed by atoms with E-state index in [9.17, 15) is 14.5 Å². The van der Waals surface area contributed by atoms with Crippen LogP contribution in [0.2, 0.25) is 0 Å². The highest BCUT2D eigenvalue weighted by atomic mass is 32.2. The Morgan fingerprint density at radius 1 is 1.50 bits per heavy atom. The molecule has 6 nitrogen and oxygen atoms in total. The number of rotatable bonds is 4. The molecule has 0 aliphatic rings. The number of nitrogens with two attached hydrogens (primary N) is 1. The maximum atomic E-state index is 13.5. The average molecular weight is 286 g/mol. The number of thioether (sulfide) groups is 1. The maximum absolute atomic E-state index is 13.5. The molecule has 18 heavy (non-hydrogen) atoms. The first-order chi connectivity index (χ1) is 8.58. The molecule has 1 aromatic carbocycles. The van der Waals surface area contributed by atoms with E-state index in [4.69, 9.17) is 5.73 Å².